The van der Waals surface area contributed by atoms with E-state index >= 15 is 0 Å². The summed E-state index contributed by atoms with van der Waals surface area (Å²) in [6.45, 7) is 10.1. The molecule has 0 radical (unpaired) electrons. The molecular formula is C17H28N2O3. The number of carbonyl (C=O) groups is 1. The van der Waals surface area contributed by atoms with Crippen LogP contribution in [0.1, 0.15) is 33.3 Å². The number of ether oxygens (including phenoxy) is 2. The van der Waals surface area contributed by atoms with Crippen molar-refractivity contribution in [2.45, 2.75) is 40.3 Å². The molecule has 1 aromatic rings. The van der Waals surface area contributed by atoms with Gasteiger partial charge in [-0.2, -0.15) is 0 Å². The molecule has 0 bridgehead atoms. The topological polar surface area (TPSA) is 73.6 Å². The van der Waals surface area contributed by atoms with Crippen LogP contribution in [-0.4, -0.2) is 31.8 Å². The Labute approximate surface area is 133 Å². The third-order valence-corrected chi connectivity index (χ3v) is 3.25. The zero-order chi connectivity index (χ0) is 16.6. The van der Waals surface area contributed by atoms with Crippen LogP contribution in [0.3, 0.4) is 0 Å². The Bertz CT molecular complexity index is 469. The van der Waals surface area contributed by atoms with Gasteiger partial charge in [-0.15, -0.1) is 0 Å². The average molecular weight is 308 g/mol. The van der Waals surface area contributed by atoms with Crippen molar-refractivity contribution in [2.24, 2.45) is 11.1 Å². The van der Waals surface area contributed by atoms with Gasteiger partial charge in [0.2, 0.25) is 5.91 Å². The molecule has 0 aliphatic carbocycles. The molecule has 1 aromatic carbocycles. The Morgan fingerprint density at radius 3 is 2.59 bits per heavy atom. The lowest BCUT2D eigenvalue weighted by Crippen LogP contribution is -2.45. The first-order valence-electron chi connectivity index (χ1n) is 7.65. The van der Waals surface area contributed by atoms with E-state index in [1.807, 2.05) is 52.0 Å². The Hall–Kier alpha value is -1.43. The van der Waals surface area contributed by atoms with Crippen LogP contribution in [0, 0.1) is 5.41 Å². The minimum Gasteiger partial charge on any atom is -0.379 e. The number of amides is 1. The normalized spacial score (nSPS) is 13.0. The molecule has 124 valence electrons. The fourth-order valence-electron chi connectivity index (χ4n) is 1.80. The molecule has 0 saturated carbocycles. The van der Waals surface area contributed by atoms with Crippen LogP contribution in [0.15, 0.2) is 24.3 Å². The molecule has 5 nitrogen and oxygen atoms in total. The lowest BCUT2D eigenvalue weighted by molar-refractivity contribution is -0.119. The molecule has 1 rings (SSSR count). The molecule has 0 aliphatic rings. The molecule has 0 fully saturated rings. The molecule has 0 spiro atoms. The summed E-state index contributed by atoms with van der Waals surface area (Å²) in [7, 11) is 0. The van der Waals surface area contributed by atoms with Crippen molar-refractivity contribution in [3.8, 4) is 0 Å². The average Bonchev–Trinajstić information content (AvgIpc) is 2.45. The maximum Gasteiger partial charge on any atom is 0.241 e. The van der Waals surface area contributed by atoms with Crippen molar-refractivity contribution in [3.05, 3.63) is 29.8 Å². The highest BCUT2D eigenvalue weighted by Crippen LogP contribution is 2.19. The van der Waals surface area contributed by atoms with Gasteiger partial charge in [0.05, 0.1) is 25.9 Å². The molecule has 0 heterocycles. The van der Waals surface area contributed by atoms with Gasteiger partial charge in [-0.1, -0.05) is 32.9 Å². The third kappa shape index (κ3) is 6.56. The minimum atomic E-state index is -0.557. The standard InChI is InChI=1S/C17H28N2O3/c1-5-21-9-10-22-12-13-7-6-8-14(11-13)19-16(20)15(18)17(2,3)4/h6-8,11,15H,5,9-10,12,18H2,1-4H3,(H,19,20)/t15-/m1/s1. The monoisotopic (exact) mass is 308 g/mol. The zero-order valence-corrected chi connectivity index (χ0v) is 14.0. The van der Waals surface area contributed by atoms with Crippen molar-refractivity contribution in [3.63, 3.8) is 0 Å². The number of anilines is 1. The van der Waals surface area contributed by atoms with E-state index in [4.69, 9.17) is 15.2 Å². The van der Waals surface area contributed by atoms with Gasteiger partial charge in [0.15, 0.2) is 0 Å². The molecule has 3 N–H and O–H groups in total. The Morgan fingerprint density at radius 2 is 1.95 bits per heavy atom. The van der Waals surface area contributed by atoms with Crippen molar-refractivity contribution < 1.29 is 14.3 Å². The number of rotatable bonds is 8. The Kier molecular flexibility index (Phi) is 7.51. The van der Waals surface area contributed by atoms with Crippen LogP contribution >= 0.6 is 0 Å². The molecule has 0 aliphatic heterocycles. The lowest BCUT2D eigenvalue weighted by Gasteiger charge is -2.25. The van der Waals surface area contributed by atoms with Gasteiger partial charge in [-0.25, -0.2) is 0 Å². The number of nitrogens with two attached hydrogens (primary N) is 1. The van der Waals surface area contributed by atoms with Gasteiger partial charge >= 0.3 is 0 Å². The predicted molar refractivity (Wildman–Crippen MR) is 88.7 cm³/mol. The van der Waals surface area contributed by atoms with Crippen LogP contribution < -0.4 is 11.1 Å². The summed E-state index contributed by atoms with van der Waals surface area (Å²) in [5, 5.41) is 2.86. The van der Waals surface area contributed by atoms with Gasteiger partial charge in [-0.3, -0.25) is 4.79 Å². The maximum atomic E-state index is 12.1. The van der Waals surface area contributed by atoms with Crippen molar-refractivity contribution in [1.82, 2.24) is 0 Å². The summed E-state index contributed by atoms with van der Waals surface area (Å²) >= 11 is 0. The van der Waals surface area contributed by atoms with E-state index in [1.54, 1.807) is 0 Å². The smallest absolute Gasteiger partial charge is 0.241 e. The van der Waals surface area contributed by atoms with Crippen LogP contribution in [-0.2, 0) is 20.9 Å². The van der Waals surface area contributed by atoms with E-state index in [9.17, 15) is 4.79 Å². The molecular weight excluding hydrogens is 280 g/mol. The highest BCUT2D eigenvalue weighted by Gasteiger charge is 2.27. The van der Waals surface area contributed by atoms with Gasteiger partial charge in [0, 0.05) is 12.3 Å². The number of hydrogen-bond donors (Lipinski definition) is 2. The van der Waals surface area contributed by atoms with E-state index in [2.05, 4.69) is 5.32 Å². The quantitative estimate of drug-likeness (QED) is 0.724. The molecule has 0 aromatic heterocycles. The zero-order valence-electron chi connectivity index (χ0n) is 14.0. The van der Waals surface area contributed by atoms with E-state index in [0.29, 0.717) is 26.4 Å². The SMILES string of the molecule is CCOCCOCc1cccc(NC(=O)[C@@H](N)C(C)(C)C)c1. The summed E-state index contributed by atoms with van der Waals surface area (Å²) in [6, 6.07) is 7.03. The molecule has 0 unspecified atom stereocenters. The molecule has 22 heavy (non-hydrogen) atoms. The van der Waals surface area contributed by atoms with Crippen LogP contribution in [0.25, 0.3) is 0 Å². The molecule has 1 atom stereocenters. The second-order valence-electron chi connectivity index (χ2n) is 6.28. The first kappa shape index (κ1) is 18.6. The summed E-state index contributed by atoms with van der Waals surface area (Å²) in [4.78, 5) is 12.1. The maximum absolute atomic E-state index is 12.1. The largest absolute Gasteiger partial charge is 0.379 e. The summed E-state index contributed by atoms with van der Waals surface area (Å²) in [6.07, 6.45) is 0. The van der Waals surface area contributed by atoms with Crippen molar-refractivity contribution in [2.75, 3.05) is 25.1 Å². The minimum absolute atomic E-state index is 0.179. The Morgan fingerprint density at radius 1 is 1.27 bits per heavy atom. The summed E-state index contributed by atoms with van der Waals surface area (Å²) < 4.78 is 10.7. The van der Waals surface area contributed by atoms with E-state index < -0.39 is 6.04 Å². The Balaban J connectivity index is 2.52. The number of hydrogen-bond acceptors (Lipinski definition) is 4. The van der Waals surface area contributed by atoms with Crippen LogP contribution in [0.4, 0.5) is 5.69 Å². The van der Waals surface area contributed by atoms with Gasteiger partial charge < -0.3 is 20.5 Å². The van der Waals surface area contributed by atoms with Gasteiger partial charge in [0.25, 0.3) is 0 Å². The highest BCUT2D eigenvalue weighted by atomic mass is 16.5. The third-order valence-electron chi connectivity index (χ3n) is 3.25. The van der Waals surface area contributed by atoms with Gasteiger partial charge in [-0.05, 0) is 30.0 Å². The first-order valence-corrected chi connectivity index (χ1v) is 7.65. The van der Waals surface area contributed by atoms with E-state index in [0.717, 1.165) is 11.3 Å². The van der Waals surface area contributed by atoms with Crippen molar-refractivity contribution >= 4 is 11.6 Å². The fourth-order valence-corrected chi connectivity index (χ4v) is 1.80. The number of benzene rings is 1. The number of nitrogens with one attached hydrogen (secondary N) is 1. The lowest BCUT2D eigenvalue weighted by atomic mass is 9.87. The highest BCUT2D eigenvalue weighted by molar-refractivity contribution is 5.95. The van der Waals surface area contributed by atoms with E-state index in [1.165, 1.54) is 0 Å². The van der Waals surface area contributed by atoms with Gasteiger partial charge in [0.1, 0.15) is 0 Å². The molecule has 5 heteroatoms. The second-order valence-corrected chi connectivity index (χ2v) is 6.28. The number of carbonyl (C=O) groups excluding carboxylic acids is 1. The van der Waals surface area contributed by atoms with Crippen molar-refractivity contribution in [1.29, 1.82) is 0 Å². The van der Waals surface area contributed by atoms with E-state index in [-0.39, 0.29) is 11.3 Å². The second kappa shape index (κ2) is 8.88. The predicted octanol–water partition coefficient (Wildman–Crippen LogP) is 2.55. The first-order chi connectivity index (χ1) is 10.3. The molecule has 1 amide bonds. The van der Waals surface area contributed by atoms with Crippen LogP contribution in [0.5, 0.6) is 0 Å². The summed E-state index contributed by atoms with van der Waals surface area (Å²) in [5.74, 6) is -0.179. The summed E-state index contributed by atoms with van der Waals surface area (Å²) in [5.41, 5.74) is 7.41. The fraction of sp³-hybridized carbons (Fsp3) is 0.588. The van der Waals surface area contributed by atoms with Crippen LogP contribution in [0.2, 0.25) is 0 Å². The molecule has 0 saturated heterocycles.